The Bertz CT molecular complexity index is 630. The van der Waals surface area contributed by atoms with Gasteiger partial charge in [0.15, 0.2) is 0 Å². The number of alkyl carbamates (subject to hydrolysis) is 1. The van der Waals surface area contributed by atoms with E-state index in [1.807, 2.05) is 68.7 Å². The summed E-state index contributed by atoms with van der Waals surface area (Å²) in [5.41, 5.74) is 1.97. The molecular weight excluding hydrogens is 324 g/mol. The van der Waals surface area contributed by atoms with Crippen LogP contribution >= 0.6 is 11.6 Å². The van der Waals surface area contributed by atoms with Gasteiger partial charge in [0.2, 0.25) is 0 Å². The Morgan fingerprint density at radius 3 is 2.42 bits per heavy atom. The van der Waals surface area contributed by atoms with Crippen molar-refractivity contribution >= 4 is 17.7 Å². The molecule has 128 valence electrons. The predicted octanol–water partition coefficient (Wildman–Crippen LogP) is 4.26. The molecule has 0 saturated heterocycles. The molecule has 0 radical (unpaired) electrons. The number of hydrogen-bond acceptors (Lipinski definition) is 3. The average molecular weight is 347 g/mol. The third-order valence-electron chi connectivity index (χ3n) is 3.61. The van der Waals surface area contributed by atoms with Crippen molar-refractivity contribution in [2.45, 2.75) is 19.1 Å². The third kappa shape index (κ3) is 6.22. The molecule has 0 heterocycles. The number of hydrogen-bond donors (Lipinski definition) is 1. The summed E-state index contributed by atoms with van der Waals surface area (Å²) in [6.07, 6.45) is -0.00841. The van der Waals surface area contributed by atoms with Gasteiger partial charge in [-0.1, -0.05) is 54.1 Å². The van der Waals surface area contributed by atoms with Crippen molar-refractivity contribution in [1.82, 2.24) is 10.2 Å². The molecule has 1 amide bonds. The maximum absolute atomic E-state index is 12.1. The van der Waals surface area contributed by atoms with Gasteiger partial charge in [0, 0.05) is 24.5 Å². The summed E-state index contributed by atoms with van der Waals surface area (Å²) < 4.78 is 5.63. The van der Waals surface area contributed by atoms with Crippen LogP contribution in [0.4, 0.5) is 4.79 Å². The molecule has 0 fully saturated rings. The van der Waals surface area contributed by atoms with E-state index in [0.29, 0.717) is 18.0 Å². The normalized spacial score (nSPS) is 12.0. The Morgan fingerprint density at radius 1 is 1.12 bits per heavy atom. The van der Waals surface area contributed by atoms with E-state index in [1.54, 1.807) is 0 Å². The number of carbonyl (C=O) groups is 1. The minimum Gasteiger partial charge on any atom is -0.441 e. The van der Waals surface area contributed by atoms with Gasteiger partial charge in [0.05, 0.1) is 0 Å². The Balaban J connectivity index is 1.96. The lowest BCUT2D eigenvalue weighted by Crippen LogP contribution is -2.27. The van der Waals surface area contributed by atoms with Gasteiger partial charge in [-0.2, -0.15) is 0 Å². The maximum atomic E-state index is 12.1. The predicted molar refractivity (Wildman–Crippen MR) is 97.1 cm³/mol. The van der Waals surface area contributed by atoms with Gasteiger partial charge in [-0.15, -0.1) is 0 Å². The summed E-state index contributed by atoms with van der Waals surface area (Å²) in [5, 5.41) is 3.46. The minimum absolute atomic E-state index is 0.305. The molecule has 1 unspecified atom stereocenters. The molecule has 2 aromatic rings. The molecule has 1 atom stereocenters. The summed E-state index contributed by atoms with van der Waals surface area (Å²) in [7, 11) is 3.99. The zero-order chi connectivity index (χ0) is 17.4. The first-order chi connectivity index (χ1) is 11.5. The van der Waals surface area contributed by atoms with Crippen LogP contribution in [0.25, 0.3) is 0 Å². The van der Waals surface area contributed by atoms with Crippen molar-refractivity contribution in [2.75, 3.05) is 20.6 Å². The molecule has 24 heavy (non-hydrogen) atoms. The fourth-order valence-electron chi connectivity index (χ4n) is 2.29. The van der Waals surface area contributed by atoms with Crippen molar-refractivity contribution in [3.05, 3.63) is 70.7 Å². The van der Waals surface area contributed by atoms with Crippen LogP contribution in [0.5, 0.6) is 0 Å². The van der Waals surface area contributed by atoms with Crippen molar-refractivity contribution in [1.29, 1.82) is 0 Å². The average Bonchev–Trinajstić information content (AvgIpc) is 2.58. The Hall–Kier alpha value is -2.04. The quantitative estimate of drug-likeness (QED) is 0.814. The number of amides is 1. The summed E-state index contributed by atoms with van der Waals surface area (Å²) in [6, 6.07) is 17.2. The molecule has 0 aromatic heterocycles. The molecule has 1 N–H and O–H groups in total. The van der Waals surface area contributed by atoms with Gasteiger partial charge < -0.3 is 15.0 Å². The number of nitrogens with one attached hydrogen (secondary N) is 1. The topological polar surface area (TPSA) is 41.6 Å². The standard InChI is InChI=1S/C19H23ClN2O2/c1-22(2)13-12-18(16-8-10-17(20)11-9-16)24-19(23)21-14-15-6-4-3-5-7-15/h3-11,18H,12-14H2,1-2H3,(H,21,23). The van der Waals surface area contributed by atoms with E-state index in [2.05, 4.69) is 10.2 Å². The number of nitrogens with zero attached hydrogens (tertiary/aromatic N) is 1. The van der Waals surface area contributed by atoms with Crippen molar-refractivity contribution < 1.29 is 9.53 Å². The van der Waals surface area contributed by atoms with E-state index >= 15 is 0 Å². The lowest BCUT2D eigenvalue weighted by atomic mass is 10.1. The zero-order valence-electron chi connectivity index (χ0n) is 14.0. The molecule has 2 rings (SSSR count). The molecule has 0 spiro atoms. The highest BCUT2D eigenvalue weighted by molar-refractivity contribution is 6.30. The van der Waals surface area contributed by atoms with Crippen molar-refractivity contribution in [3.63, 3.8) is 0 Å². The van der Waals surface area contributed by atoms with Crippen LogP contribution in [0.15, 0.2) is 54.6 Å². The third-order valence-corrected chi connectivity index (χ3v) is 3.86. The zero-order valence-corrected chi connectivity index (χ0v) is 14.8. The number of benzene rings is 2. The molecule has 0 aliphatic heterocycles. The SMILES string of the molecule is CN(C)CCC(OC(=O)NCc1ccccc1)c1ccc(Cl)cc1. The second-order valence-corrected chi connectivity index (χ2v) is 6.31. The van der Waals surface area contributed by atoms with Crippen LogP contribution in [0, 0.1) is 0 Å². The largest absolute Gasteiger partial charge is 0.441 e. The van der Waals surface area contributed by atoms with Gasteiger partial charge in [-0.3, -0.25) is 0 Å². The first-order valence-corrected chi connectivity index (χ1v) is 8.31. The highest BCUT2D eigenvalue weighted by atomic mass is 35.5. The summed E-state index contributed by atoms with van der Waals surface area (Å²) in [4.78, 5) is 14.2. The molecule has 2 aromatic carbocycles. The van der Waals surface area contributed by atoms with Crippen LogP contribution < -0.4 is 5.32 Å². The van der Waals surface area contributed by atoms with Crippen LogP contribution in [-0.2, 0) is 11.3 Å². The second-order valence-electron chi connectivity index (χ2n) is 5.88. The van der Waals surface area contributed by atoms with E-state index in [9.17, 15) is 4.79 Å². The number of carbonyl (C=O) groups excluding carboxylic acids is 1. The Morgan fingerprint density at radius 2 is 1.79 bits per heavy atom. The number of halogens is 1. The van der Waals surface area contributed by atoms with Crippen LogP contribution in [-0.4, -0.2) is 31.6 Å². The lowest BCUT2D eigenvalue weighted by molar-refractivity contribution is 0.0873. The van der Waals surface area contributed by atoms with Gasteiger partial charge in [0.25, 0.3) is 0 Å². The monoisotopic (exact) mass is 346 g/mol. The second kappa shape index (κ2) is 9.30. The van der Waals surface area contributed by atoms with E-state index < -0.39 is 6.09 Å². The van der Waals surface area contributed by atoms with Crippen LogP contribution in [0.1, 0.15) is 23.7 Å². The number of ether oxygens (including phenoxy) is 1. The minimum atomic E-state index is -0.419. The molecule has 5 heteroatoms. The van der Waals surface area contributed by atoms with Gasteiger partial charge >= 0.3 is 6.09 Å². The smallest absolute Gasteiger partial charge is 0.408 e. The van der Waals surface area contributed by atoms with Crippen molar-refractivity contribution in [3.8, 4) is 0 Å². The Kier molecular flexibility index (Phi) is 7.09. The molecule has 0 aliphatic carbocycles. The molecule has 0 aliphatic rings. The molecule has 0 bridgehead atoms. The molecule has 4 nitrogen and oxygen atoms in total. The highest BCUT2D eigenvalue weighted by Crippen LogP contribution is 2.23. The highest BCUT2D eigenvalue weighted by Gasteiger charge is 2.17. The van der Waals surface area contributed by atoms with Gasteiger partial charge in [0.1, 0.15) is 6.10 Å². The summed E-state index contributed by atoms with van der Waals surface area (Å²) >= 11 is 5.94. The first-order valence-electron chi connectivity index (χ1n) is 7.93. The summed E-state index contributed by atoms with van der Waals surface area (Å²) in [6.45, 7) is 1.26. The van der Waals surface area contributed by atoms with Crippen LogP contribution in [0.3, 0.4) is 0 Å². The van der Waals surface area contributed by atoms with E-state index in [-0.39, 0.29) is 6.10 Å². The van der Waals surface area contributed by atoms with Crippen LogP contribution in [0.2, 0.25) is 5.02 Å². The molecule has 0 saturated carbocycles. The van der Waals surface area contributed by atoms with Gasteiger partial charge in [-0.25, -0.2) is 4.79 Å². The number of rotatable bonds is 7. The van der Waals surface area contributed by atoms with E-state index in [4.69, 9.17) is 16.3 Å². The Labute approximate surface area is 148 Å². The maximum Gasteiger partial charge on any atom is 0.408 e. The van der Waals surface area contributed by atoms with E-state index in [0.717, 1.165) is 17.7 Å². The fraction of sp³-hybridized carbons (Fsp3) is 0.316. The lowest BCUT2D eigenvalue weighted by Gasteiger charge is -2.20. The fourth-order valence-corrected chi connectivity index (χ4v) is 2.41. The first kappa shape index (κ1) is 18.3. The molecular formula is C19H23ClN2O2. The summed E-state index contributed by atoms with van der Waals surface area (Å²) in [5.74, 6) is 0. The van der Waals surface area contributed by atoms with Gasteiger partial charge in [-0.05, 0) is 37.4 Å². The van der Waals surface area contributed by atoms with E-state index in [1.165, 1.54) is 0 Å². The van der Waals surface area contributed by atoms with Crippen molar-refractivity contribution in [2.24, 2.45) is 0 Å².